The molecule has 3 unspecified atom stereocenters. The van der Waals surface area contributed by atoms with Gasteiger partial charge in [-0.15, -0.1) is 0 Å². The van der Waals surface area contributed by atoms with Gasteiger partial charge in [0, 0.05) is 15.8 Å². The molecule has 0 amide bonds. The Morgan fingerprint density at radius 1 is 0.614 bits per heavy atom. The molecule has 0 nitrogen and oxygen atoms in total. The molecule has 246 valence electrons. The fourth-order valence-corrected chi connectivity index (χ4v) is 20.1. The molecular weight excluding hydrogens is 702 g/mol. The van der Waals surface area contributed by atoms with Crippen LogP contribution < -0.4 is 0 Å². The second kappa shape index (κ2) is 17.7. The molecule has 5 aliphatic rings. The fraction of sp³-hybridized carbons (Fsp3) is 0.667. The first-order valence-electron chi connectivity index (χ1n) is 18.0. The van der Waals surface area contributed by atoms with Crippen LogP contribution in [-0.4, -0.2) is 39.1 Å². The maximum atomic E-state index is 6.24. The van der Waals surface area contributed by atoms with Gasteiger partial charge in [-0.3, -0.25) is 0 Å². The van der Waals surface area contributed by atoms with E-state index in [1.807, 2.05) is 0 Å². The van der Waals surface area contributed by atoms with Crippen molar-refractivity contribution in [1.29, 1.82) is 0 Å². The van der Waals surface area contributed by atoms with E-state index in [4.69, 9.17) is 19.4 Å². The SMILES string of the molecule is CC(C)[PH+]1CC2CCCC1CCC2.CC(C)[PH+]1CC2CCCC1CCC2.[Cl][Ru]([Cl])=[C]1CC(c2ccccc2)c2ccccc21. The standard InChI is InChI=1S/C15H12.2C12H23P.2ClH.Ru/c1-2-6-12(7-3-1)15-11-10-13-8-4-5-9-14(13)15;2*1-10(2)13-9-11-5-3-7-12(13)8-4-6-11;;;/h1-9,15H,11H2;2*10-12H,3-9H2,1-2H3;2*1H;/q;;;;;+2. The Kier molecular flexibility index (Phi) is 14.3. The molecule has 0 saturated carbocycles. The summed E-state index contributed by atoms with van der Waals surface area (Å²) in [5, 5.41) is 0. The molecule has 4 saturated heterocycles. The van der Waals surface area contributed by atoms with Gasteiger partial charge in [0.1, 0.15) is 0 Å². The Morgan fingerprint density at radius 3 is 1.52 bits per heavy atom. The summed E-state index contributed by atoms with van der Waals surface area (Å²) in [7, 11) is 12.5. The molecule has 0 spiro atoms. The van der Waals surface area contributed by atoms with Gasteiger partial charge in [0.15, 0.2) is 0 Å². The predicted octanol–water partition coefficient (Wildman–Crippen LogP) is 12.6. The monoisotopic (exact) mass is 762 g/mol. The molecule has 0 N–H and O–H groups in total. The Morgan fingerprint density at radius 2 is 1.07 bits per heavy atom. The first-order valence-corrected chi connectivity index (χ1v) is 27.1. The zero-order valence-corrected chi connectivity index (χ0v) is 33.2. The summed E-state index contributed by atoms with van der Waals surface area (Å²) in [6, 6.07) is 19.1. The van der Waals surface area contributed by atoms with E-state index in [0.29, 0.717) is 5.92 Å². The van der Waals surface area contributed by atoms with Gasteiger partial charge in [-0.05, 0) is 117 Å². The van der Waals surface area contributed by atoms with E-state index in [1.165, 1.54) is 32.1 Å². The van der Waals surface area contributed by atoms with E-state index >= 15 is 0 Å². The summed E-state index contributed by atoms with van der Waals surface area (Å²) in [5.74, 6) is 2.71. The van der Waals surface area contributed by atoms with Gasteiger partial charge in [0.05, 0.1) is 35.0 Å². The van der Waals surface area contributed by atoms with Crippen molar-refractivity contribution in [2.75, 3.05) is 12.3 Å². The van der Waals surface area contributed by atoms with Gasteiger partial charge in [-0.1, -0.05) is 0 Å². The molecule has 4 heterocycles. The summed E-state index contributed by atoms with van der Waals surface area (Å²) in [5.41, 5.74) is 8.47. The molecule has 5 heteroatoms. The van der Waals surface area contributed by atoms with Crippen LogP contribution >= 0.6 is 35.2 Å². The molecule has 7 rings (SSSR count). The van der Waals surface area contributed by atoms with Crippen molar-refractivity contribution in [3.63, 3.8) is 0 Å². The quantitative estimate of drug-likeness (QED) is 0.216. The maximum absolute atomic E-state index is 6.24. The summed E-state index contributed by atoms with van der Waals surface area (Å²) < 4.78 is 1.28. The van der Waals surface area contributed by atoms with Gasteiger partial charge in [0.25, 0.3) is 0 Å². The Balaban J connectivity index is 0.000000134. The zero-order chi connectivity index (χ0) is 31.1. The van der Waals surface area contributed by atoms with Gasteiger partial charge in [-0.25, -0.2) is 0 Å². The number of hydrogen-bond donors (Lipinski definition) is 0. The number of rotatable bonds is 3. The Bertz CT molecular complexity index is 1140. The van der Waals surface area contributed by atoms with Crippen LogP contribution in [0.25, 0.3) is 0 Å². The average molecular weight is 763 g/mol. The van der Waals surface area contributed by atoms with Crippen LogP contribution in [0.15, 0.2) is 54.6 Å². The van der Waals surface area contributed by atoms with Crippen LogP contribution in [-0.2, 0) is 13.5 Å². The summed E-state index contributed by atoms with van der Waals surface area (Å²) in [4.78, 5) is 0. The normalized spacial score (nSPS) is 31.5. The molecule has 4 aliphatic heterocycles. The Hall–Kier alpha value is 0.373. The molecule has 3 atom stereocenters. The molecule has 2 aromatic rings. The molecule has 44 heavy (non-hydrogen) atoms. The molecule has 1 aliphatic carbocycles. The summed E-state index contributed by atoms with van der Waals surface area (Å²) >= 11 is -1.80. The van der Waals surface area contributed by atoms with E-state index in [2.05, 4.69) is 82.3 Å². The molecule has 4 bridgehead atoms. The van der Waals surface area contributed by atoms with E-state index in [0.717, 1.165) is 29.6 Å². The van der Waals surface area contributed by atoms with Crippen LogP contribution in [0.3, 0.4) is 0 Å². The van der Waals surface area contributed by atoms with Gasteiger partial charge < -0.3 is 0 Å². The Labute approximate surface area is 286 Å². The second-order valence-corrected chi connectivity index (χ2v) is 28.0. The first kappa shape index (κ1) is 35.7. The summed E-state index contributed by atoms with van der Waals surface area (Å²) in [6.45, 7) is 9.92. The third kappa shape index (κ3) is 9.50. The molecule has 0 aromatic heterocycles. The van der Waals surface area contributed by atoms with Crippen molar-refractivity contribution < 1.29 is 13.5 Å². The molecule has 0 radical (unpaired) electrons. The van der Waals surface area contributed by atoms with Crippen molar-refractivity contribution in [2.45, 2.75) is 140 Å². The van der Waals surface area contributed by atoms with Crippen LogP contribution in [0.4, 0.5) is 0 Å². The topological polar surface area (TPSA) is 0 Å². The van der Waals surface area contributed by atoms with Crippen molar-refractivity contribution in [2.24, 2.45) is 11.8 Å². The van der Waals surface area contributed by atoms with Gasteiger partial charge in [-0.2, -0.15) is 0 Å². The van der Waals surface area contributed by atoms with E-state index in [9.17, 15) is 0 Å². The number of hydrogen-bond acceptors (Lipinski definition) is 0. The van der Waals surface area contributed by atoms with Gasteiger partial charge in [0.2, 0.25) is 0 Å². The minimum absolute atomic E-state index is 0.0237. The van der Waals surface area contributed by atoms with E-state index in [-0.39, 0.29) is 15.8 Å². The molecule has 2 aromatic carbocycles. The van der Waals surface area contributed by atoms with E-state index < -0.39 is 13.5 Å². The summed E-state index contributed by atoms with van der Waals surface area (Å²) in [6.07, 6.45) is 23.1. The van der Waals surface area contributed by atoms with Crippen molar-refractivity contribution in [3.05, 3.63) is 71.3 Å². The fourth-order valence-electron chi connectivity index (χ4n) is 9.30. The average Bonchev–Trinajstić information content (AvgIpc) is 3.27. The van der Waals surface area contributed by atoms with E-state index in [1.54, 1.807) is 89.4 Å². The molecular formula is C39H60Cl2P2Ru+2. The zero-order valence-electron chi connectivity index (χ0n) is 28.0. The molecule has 4 fully saturated rings. The van der Waals surface area contributed by atoms with Gasteiger partial charge >= 0.3 is 121 Å². The number of fused-ring (bicyclic) bond motifs is 7. The van der Waals surface area contributed by atoms with Crippen molar-refractivity contribution >= 4 is 39.3 Å². The minimum atomic E-state index is -1.80. The van der Waals surface area contributed by atoms with Crippen molar-refractivity contribution in [1.82, 2.24) is 0 Å². The first-order chi connectivity index (χ1) is 21.3. The van der Waals surface area contributed by atoms with Crippen LogP contribution in [0, 0.1) is 11.8 Å². The number of benzene rings is 2. The van der Waals surface area contributed by atoms with Crippen LogP contribution in [0.1, 0.15) is 134 Å². The third-order valence-electron chi connectivity index (χ3n) is 11.6. The second-order valence-electron chi connectivity index (χ2n) is 15.0. The van der Waals surface area contributed by atoms with Crippen LogP contribution in [0.5, 0.6) is 0 Å². The van der Waals surface area contributed by atoms with Crippen molar-refractivity contribution in [3.8, 4) is 0 Å². The predicted molar refractivity (Wildman–Crippen MR) is 202 cm³/mol. The number of halogens is 2. The third-order valence-corrected chi connectivity index (χ3v) is 23.4. The van der Waals surface area contributed by atoms with Crippen LogP contribution in [0.2, 0.25) is 0 Å².